The van der Waals surface area contributed by atoms with Gasteiger partial charge in [-0.1, -0.05) is 13.3 Å². The summed E-state index contributed by atoms with van der Waals surface area (Å²) < 4.78 is 5.17. The number of alkyl carbamates (subject to hydrolysis) is 1. The maximum atomic E-state index is 11.5. The molecule has 0 aromatic carbocycles. The van der Waals surface area contributed by atoms with Crippen LogP contribution in [0.5, 0.6) is 0 Å². The first-order valence-corrected chi connectivity index (χ1v) is 6.46. The number of aliphatic hydroxyl groups is 1. The number of rotatable bonds is 7. The predicted molar refractivity (Wildman–Crippen MR) is 69.0 cm³/mol. The van der Waals surface area contributed by atoms with Gasteiger partial charge in [-0.2, -0.15) is 0 Å². The van der Waals surface area contributed by atoms with Crippen LogP contribution in [-0.4, -0.2) is 30.0 Å². The van der Waals surface area contributed by atoms with Crippen molar-refractivity contribution in [3.8, 4) is 0 Å². The van der Waals surface area contributed by atoms with Crippen LogP contribution >= 0.6 is 0 Å². The van der Waals surface area contributed by atoms with Gasteiger partial charge in [0.05, 0.1) is 0 Å². The molecule has 0 aliphatic rings. The van der Waals surface area contributed by atoms with Crippen LogP contribution in [0.2, 0.25) is 0 Å². The van der Waals surface area contributed by atoms with E-state index in [1.54, 1.807) is 0 Å². The molecular formula is C13H27NO3. The molecule has 0 aromatic rings. The second kappa shape index (κ2) is 8.34. The van der Waals surface area contributed by atoms with Crippen LogP contribution in [-0.2, 0) is 4.74 Å². The summed E-state index contributed by atoms with van der Waals surface area (Å²) in [5.74, 6) is 0.430. The monoisotopic (exact) mass is 245 g/mol. The summed E-state index contributed by atoms with van der Waals surface area (Å²) in [6.45, 7) is 8.51. The van der Waals surface area contributed by atoms with Crippen molar-refractivity contribution in [2.45, 2.75) is 59.0 Å². The Labute approximate surface area is 105 Å². The lowest BCUT2D eigenvalue weighted by Crippen LogP contribution is -2.35. The third-order valence-electron chi connectivity index (χ3n) is 2.40. The number of ether oxygens (including phenoxy) is 1. The molecule has 4 heteroatoms. The second-order valence-electron chi connectivity index (χ2n) is 5.40. The summed E-state index contributed by atoms with van der Waals surface area (Å²) >= 11 is 0. The van der Waals surface area contributed by atoms with E-state index in [0.717, 1.165) is 25.7 Å². The van der Waals surface area contributed by atoms with Crippen LogP contribution in [0, 0.1) is 5.92 Å². The van der Waals surface area contributed by atoms with E-state index in [0.29, 0.717) is 12.5 Å². The average Bonchev–Trinajstić information content (AvgIpc) is 2.19. The Bertz CT molecular complexity index is 211. The molecule has 0 heterocycles. The van der Waals surface area contributed by atoms with Crippen molar-refractivity contribution in [3.63, 3.8) is 0 Å². The second-order valence-corrected chi connectivity index (χ2v) is 5.40. The molecule has 0 aromatic heterocycles. The average molecular weight is 245 g/mol. The fourth-order valence-corrected chi connectivity index (χ4v) is 1.68. The van der Waals surface area contributed by atoms with Crippen molar-refractivity contribution in [1.82, 2.24) is 5.32 Å². The molecule has 1 atom stereocenters. The highest BCUT2D eigenvalue weighted by Gasteiger charge is 2.17. The first-order valence-electron chi connectivity index (χ1n) is 6.46. The highest BCUT2D eigenvalue weighted by Crippen LogP contribution is 2.13. The summed E-state index contributed by atoms with van der Waals surface area (Å²) in [5, 5.41) is 11.6. The Balaban J connectivity index is 3.90. The molecule has 0 spiro atoms. The van der Waals surface area contributed by atoms with Crippen molar-refractivity contribution in [1.29, 1.82) is 0 Å². The fraction of sp³-hybridized carbons (Fsp3) is 0.923. The van der Waals surface area contributed by atoms with Crippen molar-refractivity contribution >= 4 is 6.09 Å². The standard InChI is InChI=1S/C13H27NO3/c1-5-7-11(8-6-9-15)10-14-12(16)17-13(2,3)4/h11,15H,5-10H2,1-4H3,(H,14,16). The van der Waals surface area contributed by atoms with Crippen LogP contribution in [0.25, 0.3) is 0 Å². The highest BCUT2D eigenvalue weighted by molar-refractivity contribution is 5.67. The SMILES string of the molecule is CCCC(CCCO)CNC(=O)OC(C)(C)C. The third-order valence-corrected chi connectivity index (χ3v) is 2.40. The molecule has 102 valence electrons. The number of nitrogens with one attached hydrogen (secondary N) is 1. The topological polar surface area (TPSA) is 58.6 Å². The molecule has 0 saturated heterocycles. The first kappa shape index (κ1) is 16.2. The van der Waals surface area contributed by atoms with Crippen molar-refractivity contribution in [3.05, 3.63) is 0 Å². The molecule has 1 amide bonds. The lowest BCUT2D eigenvalue weighted by Gasteiger charge is -2.21. The van der Waals surface area contributed by atoms with Gasteiger partial charge in [-0.25, -0.2) is 4.79 Å². The largest absolute Gasteiger partial charge is 0.444 e. The van der Waals surface area contributed by atoms with Gasteiger partial charge < -0.3 is 15.2 Å². The summed E-state index contributed by atoms with van der Waals surface area (Å²) in [4.78, 5) is 11.5. The Morgan fingerprint density at radius 3 is 2.47 bits per heavy atom. The first-order chi connectivity index (χ1) is 7.89. The zero-order chi connectivity index (χ0) is 13.3. The number of carbonyl (C=O) groups excluding carboxylic acids is 1. The van der Waals surface area contributed by atoms with Gasteiger partial charge in [0.2, 0.25) is 0 Å². The Morgan fingerprint density at radius 1 is 1.35 bits per heavy atom. The Morgan fingerprint density at radius 2 is 2.00 bits per heavy atom. The van der Waals surface area contributed by atoms with Crippen LogP contribution in [0.1, 0.15) is 53.4 Å². The highest BCUT2D eigenvalue weighted by atomic mass is 16.6. The fourth-order valence-electron chi connectivity index (χ4n) is 1.68. The van der Waals surface area contributed by atoms with E-state index in [4.69, 9.17) is 9.84 Å². The molecule has 0 aliphatic carbocycles. The smallest absolute Gasteiger partial charge is 0.407 e. The minimum absolute atomic E-state index is 0.215. The molecule has 4 nitrogen and oxygen atoms in total. The van der Waals surface area contributed by atoms with Gasteiger partial charge in [-0.3, -0.25) is 0 Å². The lowest BCUT2D eigenvalue weighted by molar-refractivity contribution is 0.0517. The third kappa shape index (κ3) is 10.1. The van der Waals surface area contributed by atoms with Crippen LogP contribution in [0.4, 0.5) is 4.79 Å². The summed E-state index contributed by atoms with van der Waals surface area (Å²) in [5.41, 5.74) is -0.449. The number of amides is 1. The Kier molecular flexibility index (Phi) is 7.96. The molecule has 0 saturated carbocycles. The summed E-state index contributed by atoms with van der Waals surface area (Å²) in [7, 11) is 0. The zero-order valence-corrected chi connectivity index (χ0v) is 11.6. The minimum Gasteiger partial charge on any atom is -0.444 e. The van der Waals surface area contributed by atoms with E-state index < -0.39 is 5.60 Å². The van der Waals surface area contributed by atoms with Crippen LogP contribution in [0.15, 0.2) is 0 Å². The van der Waals surface area contributed by atoms with Crippen LogP contribution < -0.4 is 5.32 Å². The number of carbonyl (C=O) groups is 1. The maximum Gasteiger partial charge on any atom is 0.407 e. The minimum atomic E-state index is -0.449. The number of hydrogen-bond acceptors (Lipinski definition) is 3. The quantitative estimate of drug-likeness (QED) is 0.725. The Hall–Kier alpha value is -0.770. The maximum absolute atomic E-state index is 11.5. The zero-order valence-electron chi connectivity index (χ0n) is 11.6. The normalized spacial score (nSPS) is 13.2. The van der Waals surface area contributed by atoms with Crippen molar-refractivity contribution in [2.75, 3.05) is 13.2 Å². The van der Waals surface area contributed by atoms with Crippen molar-refractivity contribution in [2.24, 2.45) is 5.92 Å². The van der Waals surface area contributed by atoms with E-state index in [-0.39, 0.29) is 12.7 Å². The lowest BCUT2D eigenvalue weighted by atomic mass is 9.98. The molecule has 0 bridgehead atoms. The van der Waals surface area contributed by atoms with Gasteiger partial charge in [-0.15, -0.1) is 0 Å². The van der Waals surface area contributed by atoms with E-state index in [2.05, 4.69) is 12.2 Å². The van der Waals surface area contributed by atoms with Gasteiger partial charge in [0.25, 0.3) is 0 Å². The molecule has 17 heavy (non-hydrogen) atoms. The molecule has 0 fully saturated rings. The van der Waals surface area contributed by atoms with Gasteiger partial charge in [0, 0.05) is 13.2 Å². The molecule has 0 aliphatic heterocycles. The van der Waals surface area contributed by atoms with E-state index >= 15 is 0 Å². The van der Waals surface area contributed by atoms with Crippen molar-refractivity contribution < 1.29 is 14.6 Å². The summed E-state index contributed by atoms with van der Waals surface area (Å²) in [6, 6.07) is 0. The van der Waals surface area contributed by atoms with E-state index in [1.165, 1.54) is 0 Å². The van der Waals surface area contributed by atoms with E-state index in [1.807, 2.05) is 20.8 Å². The van der Waals surface area contributed by atoms with Gasteiger partial charge in [0.15, 0.2) is 0 Å². The summed E-state index contributed by atoms with van der Waals surface area (Å²) in [6.07, 6.45) is 3.53. The number of hydrogen-bond donors (Lipinski definition) is 2. The predicted octanol–water partition coefficient (Wildman–Crippen LogP) is 2.70. The number of aliphatic hydroxyl groups excluding tert-OH is 1. The van der Waals surface area contributed by atoms with Gasteiger partial charge >= 0.3 is 6.09 Å². The van der Waals surface area contributed by atoms with E-state index in [9.17, 15) is 4.79 Å². The van der Waals surface area contributed by atoms with Gasteiger partial charge in [-0.05, 0) is 46.0 Å². The molecular weight excluding hydrogens is 218 g/mol. The van der Waals surface area contributed by atoms with Gasteiger partial charge in [0.1, 0.15) is 5.60 Å². The molecule has 2 N–H and O–H groups in total. The van der Waals surface area contributed by atoms with Crippen LogP contribution in [0.3, 0.4) is 0 Å². The molecule has 1 unspecified atom stereocenters. The molecule has 0 radical (unpaired) electrons. The molecule has 0 rings (SSSR count).